The van der Waals surface area contributed by atoms with E-state index in [0.29, 0.717) is 0 Å². The number of hydrogen-bond donors (Lipinski definition) is 1. The largest absolute Gasteiger partial charge is 0.345 e. The molecule has 1 rings (SSSR count). The first-order valence-electron chi connectivity index (χ1n) is 2.71. The molecule has 0 saturated carbocycles. The van der Waals surface area contributed by atoms with Crippen molar-refractivity contribution in [2.75, 3.05) is 0 Å². The van der Waals surface area contributed by atoms with E-state index in [0.717, 1.165) is 5.69 Å². The van der Waals surface area contributed by atoms with Crippen molar-refractivity contribution < 1.29 is 0 Å². The maximum atomic E-state index is 3.83. The summed E-state index contributed by atoms with van der Waals surface area (Å²) >= 11 is 0. The van der Waals surface area contributed by atoms with Gasteiger partial charge in [0, 0.05) is 0 Å². The number of hydrogen-bond acceptors (Lipinski definition) is 1. The molecule has 0 aliphatic carbocycles. The zero-order chi connectivity index (χ0) is 6.53. The number of aromatic nitrogens is 2. The van der Waals surface area contributed by atoms with Crippen molar-refractivity contribution in [1.82, 2.24) is 9.97 Å². The average Bonchev–Trinajstić information content (AvgIpc) is 2.34. The van der Waals surface area contributed by atoms with Crippen LogP contribution in [0.5, 0.6) is 0 Å². The minimum Gasteiger partial charge on any atom is -0.345 e. The zero-order valence-corrected chi connectivity index (χ0v) is 5.04. The van der Waals surface area contributed by atoms with Crippen LogP contribution in [0.25, 0.3) is 6.08 Å². The summed E-state index contributed by atoms with van der Waals surface area (Å²) in [7, 11) is 0. The molecule has 1 aromatic rings. The van der Waals surface area contributed by atoms with Crippen molar-refractivity contribution >= 4 is 6.08 Å². The van der Waals surface area contributed by atoms with E-state index in [-0.39, 0.29) is 0 Å². The Morgan fingerprint density at radius 2 is 2.56 bits per heavy atom. The molecule has 46 valence electrons. The third kappa shape index (κ3) is 1.57. The first kappa shape index (κ1) is 5.82. The second-order valence-corrected chi connectivity index (χ2v) is 1.60. The van der Waals surface area contributed by atoms with Crippen molar-refractivity contribution in [3.05, 3.63) is 36.9 Å². The number of nitrogens with one attached hydrogen (secondary N) is 1. The SMILES string of the molecule is C=CC=Cc1cnc[nH]1. The molecule has 0 saturated heterocycles. The number of nitrogens with zero attached hydrogens (tertiary/aromatic N) is 1. The maximum Gasteiger partial charge on any atom is 0.0924 e. The smallest absolute Gasteiger partial charge is 0.0924 e. The van der Waals surface area contributed by atoms with E-state index in [9.17, 15) is 0 Å². The van der Waals surface area contributed by atoms with Crippen LogP contribution >= 0.6 is 0 Å². The number of aromatic amines is 1. The van der Waals surface area contributed by atoms with Gasteiger partial charge in [0.1, 0.15) is 0 Å². The van der Waals surface area contributed by atoms with Crippen molar-refractivity contribution in [3.8, 4) is 0 Å². The van der Waals surface area contributed by atoms with Crippen LogP contribution in [0.1, 0.15) is 5.69 Å². The fourth-order valence-corrected chi connectivity index (χ4v) is 0.529. The molecule has 1 aromatic heterocycles. The lowest BCUT2D eigenvalue weighted by Crippen LogP contribution is -1.64. The Hall–Kier alpha value is -1.31. The van der Waals surface area contributed by atoms with Gasteiger partial charge >= 0.3 is 0 Å². The molecule has 0 aliphatic heterocycles. The van der Waals surface area contributed by atoms with E-state index in [1.807, 2.05) is 12.2 Å². The highest BCUT2D eigenvalue weighted by molar-refractivity contribution is 5.44. The van der Waals surface area contributed by atoms with Crippen LogP contribution in [0, 0.1) is 0 Å². The lowest BCUT2D eigenvalue weighted by Gasteiger charge is -1.77. The van der Waals surface area contributed by atoms with Gasteiger partial charge in [0.25, 0.3) is 0 Å². The van der Waals surface area contributed by atoms with Crippen LogP contribution in [0.3, 0.4) is 0 Å². The highest BCUT2D eigenvalue weighted by Crippen LogP contribution is 1.92. The van der Waals surface area contributed by atoms with Crippen molar-refractivity contribution in [2.24, 2.45) is 0 Å². The Morgan fingerprint density at radius 1 is 1.67 bits per heavy atom. The lowest BCUT2D eigenvalue weighted by molar-refractivity contribution is 1.31. The maximum absolute atomic E-state index is 3.83. The van der Waals surface area contributed by atoms with Gasteiger partial charge in [-0.15, -0.1) is 0 Å². The Kier molecular flexibility index (Phi) is 1.85. The predicted octanol–water partition coefficient (Wildman–Crippen LogP) is 1.61. The molecule has 0 atom stereocenters. The molecule has 0 radical (unpaired) electrons. The Morgan fingerprint density at radius 3 is 3.11 bits per heavy atom. The summed E-state index contributed by atoms with van der Waals surface area (Å²) < 4.78 is 0. The van der Waals surface area contributed by atoms with Gasteiger partial charge in [-0.25, -0.2) is 4.98 Å². The Balaban J connectivity index is 2.67. The normalized spacial score (nSPS) is 10.2. The summed E-state index contributed by atoms with van der Waals surface area (Å²) in [6, 6.07) is 0. The fraction of sp³-hybridized carbons (Fsp3) is 0. The fourth-order valence-electron chi connectivity index (χ4n) is 0.529. The van der Waals surface area contributed by atoms with E-state index in [2.05, 4.69) is 16.5 Å². The van der Waals surface area contributed by atoms with Gasteiger partial charge in [-0.3, -0.25) is 0 Å². The van der Waals surface area contributed by atoms with Gasteiger partial charge in [0.2, 0.25) is 0 Å². The van der Waals surface area contributed by atoms with Crippen LogP contribution in [0.4, 0.5) is 0 Å². The lowest BCUT2D eigenvalue weighted by atomic mass is 10.4. The topological polar surface area (TPSA) is 28.7 Å². The summed E-state index contributed by atoms with van der Waals surface area (Å²) in [5, 5.41) is 0. The minimum atomic E-state index is 0.995. The summed E-state index contributed by atoms with van der Waals surface area (Å²) in [6.45, 7) is 3.54. The highest BCUT2D eigenvalue weighted by Gasteiger charge is 1.80. The average molecular weight is 120 g/mol. The molecular formula is C7H8N2. The van der Waals surface area contributed by atoms with Crippen molar-refractivity contribution in [3.63, 3.8) is 0 Å². The quantitative estimate of drug-likeness (QED) is 0.590. The third-order valence-electron chi connectivity index (χ3n) is 0.931. The summed E-state index contributed by atoms with van der Waals surface area (Å²) in [5.74, 6) is 0. The molecule has 1 heterocycles. The minimum absolute atomic E-state index is 0.995. The van der Waals surface area contributed by atoms with Gasteiger partial charge in [0.05, 0.1) is 18.2 Å². The van der Waals surface area contributed by atoms with Crippen LogP contribution in [0.2, 0.25) is 0 Å². The van der Waals surface area contributed by atoms with E-state index < -0.39 is 0 Å². The van der Waals surface area contributed by atoms with Gasteiger partial charge < -0.3 is 4.98 Å². The Bertz CT molecular complexity index is 197. The van der Waals surface area contributed by atoms with Crippen LogP contribution in [-0.2, 0) is 0 Å². The van der Waals surface area contributed by atoms with Gasteiger partial charge in [0.15, 0.2) is 0 Å². The summed E-state index contributed by atoms with van der Waals surface area (Å²) in [5.41, 5.74) is 0.995. The third-order valence-corrected chi connectivity index (χ3v) is 0.931. The van der Waals surface area contributed by atoms with Crippen LogP contribution < -0.4 is 0 Å². The molecular weight excluding hydrogens is 112 g/mol. The molecule has 9 heavy (non-hydrogen) atoms. The molecule has 0 aromatic carbocycles. The van der Waals surface area contributed by atoms with E-state index >= 15 is 0 Å². The number of allylic oxidation sites excluding steroid dienone is 2. The van der Waals surface area contributed by atoms with Crippen LogP contribution in [0.15, 0.2) is 31.3 Å². The van der Waals surface area contributed by atoms with Gasteiger partial charge in [-0.1, -0.05) is 18.7 Å². The van der Waals surface area contributed by atoms with E-state index in [1.165, 1.54) is 0 Å². The zero-order valence-electron chi connectivity index (χ0n) is 5.04. The predicted molar refractivity (Wildman–Crippen MR) is 37.8 cm³/mol. The van der Waals surface area contributed by atoms with E-state index in [4.69, 9.17) is 0 Å². The second-order valence-electron chi connectivity index (χ2n) is 1.60. The van der Waals surface area contributed by atoms with E-state index in [1.54, 1.807) is 18.6 Å². The number of rotatable bonds is 2. The van der Waals surface area contributed by atoms with Crippen molar-refractivity contribution in [2.45, 2.75) is 0 Å². The van der Waals surface area contributed by atoms with Gasteiger partial charge in [-0.05, 0) is 6.08 Å². The highest BCUT2D eigenvalue weighted by atomic mass is 14.8. The first-order valence-corrected chi connectivity index (χ1v) is 2.71. The molecule has 0 bridgehead atoms. The molecule has 0 aliphatic rings. The molecule has 1 N–H and O–H groups in total. The molecule has 0 fully saturated rings. The number of H-pyrrole nitrogens is 1. The van der Waals surface area contributed by atoms with Crippen LogP contribution in [-0.4, -0.2) is 9.97 Å². The molecule has 0 spiro atoms. The van der Waals surface area contributed by atoms with Gasteiger partial charge in [-0.2, -0.15) is 0 Å². The Labute approximate surface area is 53.9 Å². The second kappa shape index (κ2) is 2.87. The molecule has 2 nitrogen and oxygen atoms in total. The standard InChI is InChI=1S/C7H8N2/c1-2-3-4-7-5-8-6-9-7/h2-6H,1H2,(H,8,9). The molecule has 0 unspecified atom stereocenters. The molecule has 2 heteroatoms. The summed E-state index contributed by atoms with van der Waals surface area (Å²) in [6.07, 6.45) is 8.87. The number of imidazole rings is 1. The molecule has 0 amide bonds. The van der Waals surface area contributed by atoms with Crippen molar-refractivity contribution in [1.29, 1.82) is 0 Å². The summed E-state index contributed by atoms with van der Waals surface area (Å²) in [4.78, 5) is 6.76. The monoisotopic (exact) mass is 120 g/mol. The first-order chi connectivity index (χ1) is 4.43.